The maximum atomic E-state index is 10.2. The molecule has 2 saturated heterocycles. The number of aliphatic imine (C=N–C) groups is 1. The molecule has 0 bridgehead atoms. The maximum Gasteiger partial charge on any atom is 0.162 e. The van der Waals surface area contributed by atoms with Gasteiger partial charge in [0.05, 0.1) is 5.71 Å². The normalized spacial score (nSPS) is 21.0. The first-order valence-corrected chi connectivity index (χ1v) is 21.5. The predicted molar refractivity (Wildman–Crippen MR) is 232 cm³/mol. The van der Waals surface area contributed by atoms with Crippen LogP contribution in [0.2, 0.25) is 0 Å². The minimum atomic E-state index is -0.0765. The average molecular weight is 774 g/mol. The van der Waals surface area contributed by atoms with E-state index in [2.05, 4.69) is 135 Å². The smallest absolute Gasteiger partial charge is 0.162 e. The first-order chi connectivity index (χ1) is 27.8. The van der Waals surface area contributed by atoms with Gasteiger partial charge in [-0.15, -0.1) is 21.5 Å². The number of aromatic hydroxyl groups is 1. The predicted octanol–water partition coefficient (Wildman–Crippen LogP) is 8.99. The Morgan fingerprint density at radius 1 is 0.772 bits per heavy atom. The highest BCUT2D eigenvalue weighted by molar-refractivity contribution is 7.15. The quantitative estimate of drug-likeness (QED) is 0.175. The monoisotopic (exact) mass is 773 g/mol. The van der Waals surface area contributed by atoms with Crippen molar-refractivity contribution >= 4 is 28.4 Å². The lowest BCUT2D eigenvalue weighted by molar-refractivity contribution is 0.200. The minimum Gasteiger partial charge on any atom is -0.508 e. The molecule has 0 unspecified atom stereocenters. The molecule has 0 radical (unpaired) electrons. The summed E-state index contributed by atoms with van der Waals surface area (Å²) in [5.74, 6) is 3.58. The number of fused-ring (bicyclic) bond motifs is 4. The summed E-state index contributed by atoms with van der Waals surface area (Å²) in [6.07, 6.45) is 2.08. The molecule has 4 aliphatic rings. The molecule has 2 aromatic heterocycles. The van der Waals surface area contributed by atoms with Crippen LogP contribution in [0.3, 0.4) is 0 Å². The van der Waals surface area contributed by atoms with E-state index in [0.717, 1.165) is 81.6 Å². The van der Waals surface area contributed by atoms with Crippen molar-refractivity contribution in [2.45, 2.75) is 58.4 Å². The molecular formula is C48H51N7OS. The molecule has 4 aromatic carbocycles. The van der Waals surface area contributed by atoms with E-state index in [1.54, 1.807) is 0 Å². The number of aryl methyl sites for hydroxylation is 3. The third-order valence-electron chi connectivity index (χ3n) is 13.1. The van der Waals surface area contributed by atoms with E-state index in [1.807, 2.05) is 30.4 Å². The molecule has 9 heteroatoms. The van der Waals surface area contributed by atoms with Crippen LogP contribution in [0.25, 0.3) is 5.00 Å². The number of hydrogen-bond donors (Lipinski definition) is 1. The summed E-state index contributed by atoms with van der Waals surface area (Å²) >= 11 is 1.81. The largest absolute Gasteiger partial charge is 0.508 e. The number of nitrogens with zero attached hydrogens (tertiary/aromatic N) is 7. The molecule has 2 fully saturated rings. The number of phenols is 1. The molecule has 10 rings (SSSR count). The van der Waals surface area contributed by atoms with Crippen molar-refractivity contribution in [1.29, 1.82) is 0 Å². The van der Waals surface area contributed by atoms with Crippen LogP contribution in [-0.4, -0.2) is 76.3 Å². The van der Waals surface area contributed by atoms with E-state index in [0.29, 0.717) is 17.6 Å². The van der Waals surface area contributed by atoms with Crippen molar-refractivity contribution < 1.29 is 5.11 Å². The molecule has 6 aromatic rings. The fourth-order valence-corrected chi connectivity index (χ4v) is 11.1. The third-order valence-corrected chi connectivity index (χ3v) is 14.3. The van der Waals surface area contributed by atoms with Crippen LogP contribution in [-0.2, 0) is 6.42 Å². The lowest BCUT2D eigenvalue weighted by Gasteiger charge is -2.45. The van der Waals surface area contributed by atoms with Crippen LogP contribution >= 0.6 is 11.3 Å². The third kappa shape index (κ3) is 6.54. The van der Waals surface area contributed by atoms with Gasteiger partial charge < -0.3 is 14.9 Å². The second-order valence-corrected chi connectivity index (χ2v) is 17.9. The Morgan fingerprint density at radius 3 is 2.25 bits per heavy atom. The number of hydrogen-bond acceptors (Lipinski definition) is 8. The zero-order valence-electron chi connectivity index (χ0n) is 33.4. The highest BCUT2D eigenvalue weighted by atomic mass is 32.1. The Hall–Kier alpha value is -5.25. The van der Waals surface area contributed by atoms with Gasteiger partial charge in [-0.2, -0.15) is 0 Å². The Balaban J connectivity index is 0.756. The zero-order valence-corrected chi connectivity index (χ0v) is 34.2. The van der Waals surface area contributed by atoms with Gasteiger partial charge in [0, 0.05) is 85.0 Å². The number of piperazine rings is 1. The molecule has 0 saturated carbocycles. The van der Waals surface area contributed by atoms with Gasteiger partial charge in [-0.25, -0.2) is 0 Å². The lowest BCUT2D eigenvalue weighted by atomic mass is 9.69. The summed E-state index contributed by atoms with van der Waals surface area (Å²) in [6.45, 7) is 16.2. The van der Waals surface area contributed by atoms with Gasteiger partial charge in [0.25, 0.3) is 0 Å². The number of rotatable bonds is 7. The molecule has 290 valence electrons. The van der Waals surface area contributed by atoms with Crippen LogP contribution in [0, 0.1) is 26.7 Å². The van der Waals surface area contributed by atoms with Gasteiger partial charge in [-0.05, 0) is 111 Å². The van der Waals surface area contributed by atoms with Crippen LogP contribution in [0.1, 0.15) is 86.7 Å². The van der Waals surface area contributed by atoms with Gasteiger partial charge in [-0.3, -0.25) is 14.5 Å². The van der Waals surface area contributed by atoms with E-state index in [9.17, 15) is 5.11 Å². The second-order valence-electron chi connectivity index (χ2n) is 16.7. The van der Waals surface area contributed by atoms with E-state index < -0.39 is 0 Å². The summed E-state index contributed by atoms with van der Waals surface area (Å²) < 4.78 is 2.21. The molecule has 1 aliphatic carbocycles. The molecule has 0 amide bonds. The average Bonchev–Trinajstić information content (AvgIpc) is 3.71. The number of anilines is 2. The minimum absolute atomic E-state index is 0.0765. The van der Waals surface area contributed by atoms with Gasteiger partial charge in [0.2, 0.25) is 0 Å². The van der Waals surface area contributed by atoms with Crippen molar-refractivity contribution in [2.24, 2.45) is 10.9 Å². The second kappa shape index (κ2) is 14.6. The summed E-state index contributed by atoms with van der Waals surface area (Å²) in [6, 6.07) is 35.4. The van der Waals surface area contributed by atoms with Crippen LogP contribution in [0.5, 0.6) is 5.75 Å². The summed E-state index contributed by atoms with van der Waals surface area (Å²) in [4.78, 5) is 14.3. The lowest BCUT2D eigenvalue weighted by Crippen LogP contribution is -2.55. The van der Waals surface area contributed by atoms with Crippen LogP contribution in [0.4, 0.5) is 11.4 Å². The van der Waals surface area contributed by atoms with Gasteiger partial charge in [-0.1, -0.05) is 60.7 Å². The van der Waals surface area contributed by atoms with Crippen molar-refractivity contribution in [3.8, 4) is 10.8 Å². The fourth-order valence-electron chi connectivity index (χ4n) is 9.93. The molecule has 57 heavy (non-hydrogen) atoms. The first kappa shape index (κ1) is 36.1. The highest BCUT2D eigenvalue weighted by Gasteiger charge is 2.34. The van der Waals surface area contributed by atoms with E-state index in [1.165, 1.54) is 54.6 Å². The van der Waals surface area contributed by atoms with Crippen molar-refractivity contribution in [1.82, 2.24) is 19.7 Å². The van der Waals surface area contributed by atoms with Gasteiger partial charge in [0.15, 0.2) is 5.82 Å². The van der Waals surface area contributed by atoms with Gasteiger partial charge >= 0.3 is 0 Å². The van der Waals surface area contributed by atoms with Crippen LogP contribution in [0.15, 0.2) is 102 Å². The highest BCUT2D eigenvalue weighted by Crippen LogP contribution is 2.47. The fraction of sp³-hybridized carbons (Fsp3) is 0.354. The number of thiophene rings is 1. The summed E-state index contributed by atoms with van der Waals surface area (Å²) in [7, 11) is 0. The summed E-state index contributed by atoms with van der Waals surface area (Å²) in [5.41, 5.74) is 12.7. The van der Waals surface area contributed by atoms with Crippen molar-refractivity contribution in [3.05, 3.63) is 153 Å². The molecular weight excluding hydrogens is 723 g/mol. The SMILES string of the molecule is Cc1sc2c(c1C)C(c1ccc(N3CCN(CC4CN(c5ccc([C@H]6c7ccc(O)cc7CC[C@H]6c6ccccc6)cc5)C4)CC3)cc1)=N[C@@H](C)c1nnc(C)n1-2. The van der Waals surface area contributed by atoms with E-state index >= 15 is 0 Å². The zero-order chi connectivity index (χ0) is 38.8. The number of benzene rings is 4. The van der Waals surface area contributed by atoms with Crippen molar-refractivity contribution in [2.75, 3.05) is 55.6 Å². The molecule has 0 spiro atoms. The Morgan fingerprint density at radius 2 is 1.49 bits per heavy atom. The molecule has 8 nitrogen and oxygen atoms in total. The summed E-state index contributed by atoms with van der Waals surface area (Å²) in [5, 5.41) is 20.3. The Bertz CT molecular complexity index is 2440. The maximum absolute atomic E-state index is 10.2. The molecule has 1 N–H and O–H groups in total. The van der Waals surface area contributed by atoms with Gasteiger partial charge in [0.1, 0.15) is 22.6 Å². The topological polar surface area (TPSA) is 73.0 Å². The molecule has 5 heterocycles. The number of aromatic nitrogens is 3. The standard InChI is InChI=1S/C48H51N7OS/c1-30-32(3)57-48-44(30)46(49-31(2)47-51-50-33(4)55(47)48)37-12-17-39(18-13-37)53-24-22-52(23-25-53)27-34-28-54(29-34)40-15-10-36(11-16-40)45-42(35-8-6-5-7-9-35)20-14-38-26-41(56)19-21-43(38)45/h5-13,15-19,21,26,31,34,42,45,56H,14,20,22-25,27-29H2,1-4H3/t31-,42-,45+/m0/s1. The molecule has 3 atom stereocenters. The first-order valence-electron chi connectivity index (χ1n) is 20.7. The van der Waals surface area contributed by atoms with E-state index in [4.69, 9.17) is 4.99 Å². The Kier molecular flexibility index (Phi) is 9.25. The van der Waals surface area contributed by atoms with Crippen molar-refractivity contribution in [3.63, 3.8) is 0 Å². The number of phenolic OH excluding ortho intramolecular Hbond substituents is 1. The van der Waals surface area contributed by atoms with E-state index in [-0.39, 0.29) is 12.0 Å². The molecule has 3 aliphatic heterocycles. The van der Waals surface area contributed by atoms with Crippen LogP contribution < -0.4 is 9.80 Å². The Labute approximate surface area is 340 Å².